The minimum absolute atomic E-state index is 0.534. The lowest BCUT2D eigenvalue weighted by molar-refractivity contribution is 0.166. The SMILES string of the molecule is O=C(Nc1ccccc1)O/N=C(\c1ccccc1)c1cccnc1. The molecule has 0 saturated carbocycles. The van der Waals surface area contributed by atoms with E-state index in [1.54, 1.807) is 30.6 Å². The van der Waals surface area contributed by atoms with E-state index < -0.39 is 6.09 Å². The van der Waals surface area contributed by atoms with Crippen LogP contribution >= 0.6 is 0 Å². The zero-order chi connectivity index (χ0) is 16.6. The van der Waals surface area contributed by atoms with Gasteiger partial charge in [0.05, 0.1) is 0 Å². The van der Waals surface area contributed by atoms with Gasteiger partial charge in [0.1, 0.15) is 5.71 Å². The second-order valence-electron chi connectivity index (χ2n) is 4.92. The highest BCUT2D eigenvalue weighted by molar-refractivity contribution is 6.12. The number of hydrogen-bond donors (Lipinski definition) is 1. The van der Waals surface area contributed by atoms with E-state index in [0.29, 0.717) is 11.4 Å². The van der Waals surface area contributed by atoms with Crippen LogP contribution in [0.1, 0.15) is 11.1 Å². The van der Waals surface area contributed by atoms with Crippen LogP contribution in [0.25, 0.3) is 0 Å². The number of amides is 1. The molecule has 118 valence electrons. The fourth-order valence-corrected chi connectivity index (χ4v) is 2.12. The summed E-state index contributed by atoms with van der Waals surface area (Å²) in [5.74, 6) is 0. The van der Waals surface area contributed by atoms with Crippen molar-refractivity contribution in [2.45, 2.75) is 0 Å². The summed E-state index contributed by atoms with van der Waals surface area (Å²) in [6.07, 6.45) is 2.69. The van der Waals surface area contributed by atoms with Crippen LogP contribution < -0.4 is 5.32 Å². The van der Waals surface area contributed by atoms with Gasteiger partial charge in [0.15, 0.2) is 0 Å². The van der Waals surface area contributed by atoms with E-state index in [1.807, 2.05) is 54.6 Å². The minimum Gasteiger partial charge on any atom is -0.297 e. The molecule has 0 fully saturated rings. The number of nitrogens with zero attached hydrogens (tertiary/aromatic N) is 2. The summed E-state index contributed by atoms with van der Waals surface area (Å²) in [4.78, 5) is 21.0. The molecule has 0 unspecified atom stereocenters. The number of benzene rings is 2. The molecule has 0 saturated heterocycles. The van der Waals surface area contributed by atoms with Crippen LogP contribution in [0.15, 0.2) is 90.3 Å². The number of anilines is 1. The van der Waals surface area contributed by atoms with Crippen LogP contribution in [0.3, 0.4) is 0 Å². The van der Waals surface area contributed by atoms with Gasteiger partial charge in [-0.1, -0.05) is 53.7 Å². The molecule has 1 heterocycles. The summed E-state index contributed by atoms with van der Waals surface area (Å²) in [5, 5.41) is 6.64. The topological polar surface area (TPSA) is 63.6 Å². The van der Waals surface area contributed by atoms with Gasteiger partial charge in [-0.2, -0.15) is 0 Å². The first-order valence-corrected chi connectivity index (χ1v) is 7.40. The summed E-state index contributed by atoms with van der Waals surface area (Å²) in [6, 6.07) is 22.2. The summed E-state index contributed by atoms with van der Waals surface area (Å²) in [6.45, 7) is 0. The molecule has 5 nitrogen and oxygen atoms in total. The van der Waals surface area contributed by atoms with Crippen LogP contribution in [0.2, 0.25) is 0 Å². The van der Waals surface area contributed by atoms with Gasteiger partial charge in [0.2, 0.25) is 0 Å². The van der Waals surface area contributed by atoms with E-state index in [9.17, 15) is 4.79 Å². The molecule has 5 heteroatoms. The molecule has 1 aromatic heterocycles. The fourth-order valence-electron chi connectivity index (χ4n) is 2.12. The van der Waals surface area contributed by atoms with Crippen LogP contribution in [0, 0.1) is 0 Å². The van der Waals surface area contributed by atoms with Crippen molar-refractivity contribution in [1.29, 1.82) is 0 Å². The quantitative estimate of drug-likeness (QED) is 0.448. The molecule has 0 bridgehead atoms. The van der Waals surface area contributed by atoms with Crippen molar-refractivity contribution in [3.8, 4) is 0 Å². The molecule has 0 radical (unpaired) electrons. The third-order valence-electron chi connectivity index (χ3n) is 3.22. The van der Waals surface area contributed by atoms with Crippen LogP contribution in [-0.4, -0.2) is 16.8 Å². The van der Waals surface area contributed by atoms with E-state index in [2.05, 4.69) is 15.5 Å². The fraction of sp³-hybridized carbons (Fsp3) is 0. The maximum Gasteiger partial charge on any atom is 0.437 e. The monoisotopic (exact) mass is 317 g/mol. The lowest BCUT2D eigenvalue weighted by atomic mass is 10.0. The molecule has 0 aliphatic rings. The molecular weight excluding hydrogens is 302 g/mol. The Morgan fingerprint density at radius 2 is 1.54 bits per heavy atom. The largest absolute Gasteiger partial charge is 0.437 e. The van der Waals surface area contributed by atoms with Gasteiger partial charge in [-0.15, -0.1) is 0 Å². The Hall–Kier alpha value is -3.47. The number of aromatic nitrogens is 1. The molecule has 3 aromatic rings. The molecular formula is C19H15N3O2. The van der Waals surface area contributed by atoms with E-state index in [4.69, 9.17) is 4.84 Å². The zero-order valence-corrected chi connectivity index (χ0v) is 12.8. The molecule has 0 aliphatic carbocycles. The van der Waals surface area contributed by atoms with Crippen molar-refractivity contribution < 1.29 is 9.63 Å². The maximum absolute atomic E-state index is 11.9. The van der Waals surface area contributed by atoms with E-state index in [1.165, 1.54) is 0 Å². The van der Waals surface area contributed by atoms with Crippen LogP contribution in [-0.2, 0) is 4.84 Å². The smallest absolute Gasteiger partial charge is 0.297 e. The number of carbonyl (C=O) groups excluding carboxylic acids is 1. The Morgan fingerprint density at radius 1 is 0.875 bits per heavy atom. The highest BCUT2D eigenvalue weighted by Crippen LogP contribution is 2.11. The van der Waals surface area contributed by atoms with E-state index >= 15 is 0 Å². The molecule has 0 spiro atoms. The molecule has 0 atom stereocenters. The van der Waals surface area contributed by atoms with Crippen LogP contribution in [0.4, 0.5) is 10.5 Å². The summed E-state index contributed by atoms with van der Waals surface area (Å²) in [7, 11) is 0. The van der Waals surface area contributed by atoms with Crippen molar-refractivity contribution in [3.63, 3.8) is 0 Å². The lowest BCUT2D eigenvalue weighted by Crippen LogP contribution is -2.13. The maximum atomic E-state index is 11.9. The number of rotatable bonds is 4. The summed E-state index contributed by atoms with van der Waals surface area (Å²) >= 11 is 0. The van der Waals surface area contributed by atoms with E-state index in [0.717, 1.165) is 11.1 Å². The number of pyridine rings is 1. The van der Waals surface area contributed by atoms with Gasteiger partial charge in [-0.05, 0) is 24.3 Å². The molecule has 24 heavy (non-hydrogen) atoms. The first kappa shape index (κ1) is 15.4. The second-order valence-corrected chi connectivity index (χ2v) is 4.92. The number of hydrogen-bond acceptors (Lipinski definition) is 4. The first-order chi connectivity index (χ1) is 11.8. The molecule has 1 amide bonds. The molecule has 0 aliphatic heterocycles. The Morgan fingerprint density at radius 3 is 2.21 bits per heavy atom. The number of nitrogens with one attached hydrogen (secondary N) is 1. The minimum atomic E-state index is -0.654. The number of carbonyl (C=O) groups is 1. The Labute approximate surface area is 139 Å². The lowest BCUT2D eigenvalue weighted by Gasteiger charge is -2.07. The summed E-state index contributed by atoms with van der Waals surface area (Å²) < 4.78 is 0. The average Bonchev–Trinajstić information content (AvgIpc) is 2.64. The zero-order valence-electron chi connectivity index (χ0n) is 12.8. The Kier molecular flexibility index (Phi) is 4.94. The number of para-hydroxylation sites is 1. The third-order valence-corrected chi connectivity index (χ3v) is 3.22. The van der Waals surface area contributed by atoms with Crippen molar-refractivity contribution in [1.82, 2.24) is 4.98 Å². The Balaban J connectivity index is 1.81. The standard InChI is InChI=1S/C19H15N3O2/c23-19(21-17-11-5-2-6-12-17)24-22-18(15-8-3-1-4-9-15)16-10-7-13-20-14-16/h1-14H,(H,21,23)/b22-18+. The first-order valence-electron chi connectivity index (χ1n) is 7.40. The van der Waals surface area contributed by atoms with Gasteiger partial charge in [0.25, 0.3) is 0 Å². The molecule has 3 rings (SSSR count). The highest BCUT2D eigenvalue weighted by Gasteiger charge is 2.10. The van der Waals surface area contributed by atoms with Gasteiger partial charge >= 0.3 is 6.09 Å². The van der Waals surface area contributed by atoms with Crippen molar-refractivity contribution >= 4 is 17.5 Å². The predicted molar refractivity (Wildman–Crippen MR) is 92.9 cm³/mol. The normalized spacial score (nSPS) is 10.9. The second kappa shape index (κ2) is 7.69. The van der Waals surface area contributed by atoms with Crippen LogP contribution in [0.5, 0.6) is 0 Å². The highest BCUT2D eigenvalue weighted by atomic mass is 16.7. The van der Waals surface area contributed by atoms with E-state index in [-0.39, 0.29) is 0 Å². The van der Waals surface area contributed by atoms with Crippen molar-refractivity contribution in [2.24, 2.45) is 5.16 Å². The Bertz CT molecular complexity index is 778. The number of oxime groups is 1. The van der Waals surface area contributed by atoms with Gasteiger partial charge in [-0.25, -0.2) is 4.79 Å². The average molecular weight is 317 g/mol. The van der Waals surface area contributed by atoms with Gasteiger partial charge in [0, 0.05) is 29.2 Å². The van der Waals surface area contributed by atoms with Crippen molar-refractivity contribution in [2.75, 3.05) is 5.32 Å². The van der Waals surface area contributed by atoms with Gasteiger partial charge < -0.3 is 0 Å². The van der Waals surface area contributed by atoms with Gasteiger partial charge in [-0.3, -0.25) is 15.1 Å². The molecule has 1 N–H and O–H groups in total. The predicted octanol–water partition coefficient (Wildman–Crippen LogP) is 4.08. The molecule has 2 aromatic carbocycles. The van der Waals surface area contributed by atoms with Crippen molar-refractivity contribution in [3.05, 3.63) is 96.3 Å². The third kappa shape index (κ3) is 4.04. The summed E-state index contributed by atoms with van der Waals surface area (Å²) in [5.41, 5.74) is 2.77.